The van der Waals surface area contributed by atoms with Gasteiger partial charge in [-0.2, -0.15) is 5.10 Å². The number of hydrazone groups is 1. The molecule has 120 valence electrons. The quantitative estimate of drug-likeness (QED) is 0.838. The summed E-state index contributed by atoms with van der Waals surface area (Å²) in [6.07, 6.45) is 0.713. The Bertz CT molecular complexity index is 755. The zero-order valence-corrected chi connectivity index (χ0v) is 13.6. The van der Waals surface area contributed by atoms with Crippen molar-refractivity contribution in [3.05, 3.63) is 53.4 Å². The lowest BCUT2D eigenvalue weighted by Gasteiger charge is -2.10. The second-order valence-electron chi connectivity index (χ2n) is 5.34. The molecule has 0 saturated heterocycles. The minimum absolute atomic E-state index is 0.0581. The summed E-state index contributed by atoms with van der Waals surface area (Å²) >= 11 is 0. The number of hydrogen-bond acceptors (Lipinski definition) is 5. The first-order valence-corrected chi connectivity index (χ1v) is 8.81. The number of benzene rings is 1. The van der Waals surface area contributed by atoms with E-state index in [2.05, 4.69) is 10.3 Å². The summed E-state index contributed by atoms with van der Waals surface area (Å²) in [5.74, 6) is 0.596. The fourth-order valence-corrected chi connectivity index (χ4v) is 3.38. The number of hydrogen-bond donors (Lipinski definition) is 0. The number of nitrogens with zero attached hydrogens (tertiary/aromatic N) is 3. The van der Waals surface area contributed by atoms with E-state index in [4.69, 9.17) is 4.52 Å². The number of carbonyl (C=O) groups is 1. The van der Waals surface area contributed by atoms with Gasteiger partial charge in [0.2, 0.25) is 0 Å². The molecule has 0 bridgehead atoms. The van der Waals surface area contributed by atoms with Gasteiger partial charge in [0.05, 0.1) is 23.7 Å². The molecule has 1 aromatic heterocycles. The number of amides is 1. The molecule has 0 saturated carbocycles. The third kappa shape index (κ3) is 3.92. The second kappa shape index (κ2) is 6.87. The number of carbonyl (C=O) groups excluding carboxylic acids is 1. The van der Waals surface area contributed by atoms with Gasteiger partial charge in [-0.05, 0) is 12.5 Å². The predicted molar refractivity (Wildman–Crippen MR) is 87.3 cm³/mol. The summed E-state index contributed by atoms with van der Waals surface area (Å²) in [5, 5.41) is 9.56. The summed E-state index contributed by atoms with van der Waals surface area (Å²) in [5.41, 5.74) is 2.50. The largest absolute Gasteiger partial charge is 0.361 e. The highest BCUT2D eigenvalue weighted by Crippen LogP contribution is 2.14. The van der Waals surface area contributed by atoms with E-state index in [1.807, 2.05) is 30.3 Å². The molecule has 0 radical (unpaired) electrons. The standard InChI is InChI=1S/C16H17N3O3S/c1-12-9-14(18-22-12)10-23(21)11-16(20)19-8-7-15(17-19)13-5-3-2-4-6-13/h2-6,9H,7-8,10-11H2,1H3/t23-/m0/s1. The van der Waals surface area contributed by atoms with Crippen LogP contribution in [0.25, 0.3) is 0 Å². The van der Waals surface area contributed by atoms with Crippen LogP contribution in [-0.2, 0) is 21.3 Å². The number of aromatic nitrogens is 1. The van der Waals surface area contributed by atoms with Gasteiger partial charge in [-0.15, -0.1) is 0 Å². The van der Waals surface area contributed by atoms with E-state index in [0.29, 0.717) is 24.4 Å². The number of rotatable bonds is 5. The van der Waals surface area contributed by atoms with Crippen molar-refractivity contribution in [3.63, 3.8) is 0 Å². The Morgan fingerprint density at radius 3 is 2.83 bits per heavy atom. The van der Waals surface area contributed by atoms with Crippen molar-refractivity contribution in [2.75, 3.05) is 12.3 Å². The molecule has 0 spiro atoms. The molecule has 23 heavy (non-hydrogen) atoms. The minimum Gasteiger partial charge on any atom is -0.361 e. The molecule has 0 aliphatic carbocycles. The second-order valence-corrected chi connectivity index (χ2v) is 6.79. The van der Waals surface area contributed by atoms with Crippen molar-refractivity contribution in [1.82, 2.24) is 10.2 Å². The SMILES string of the molecule is Cc1cc(C[S@](=O)CC(=O)N2CCC(c3ccccc3)=N2)no1. The van der Waals surface area contributed by atoms with Gasteiger partial charge in [0.1, 0.15) is 11.5 Å². The Hall–Kier alpha value is -2.28. The Kier molecular flexibility index (Phi) is 4.66. The van der Waals surface area contributed by atoms with Crippen LogP contribution in [0.1, 0.15) is 23.4 Å². The molecule has 1 aromatic carbocycles. The van der Waals surface area contributed by atoms with Crippen LogP contribution in [0, 0.1) is 6.92 Å². The van der Waals surface area contributed by atoms with Crippen LogP contribution < -0.4 is 0 Å². The van der Waals surface area contributed by atoms with E-state index in [0.717, 1.165) is 11.3 Å². The first-order chi connectivity index (χ1) is 11.1. The molecular formula is C16H17N3O3S. The van der Waals surface area contributed by atoms with Crippen LogP contribution in [0.3, 0.4) is 0 Å². The van der Waals surface area contributed by atoms with E-state index < -0.39 is 10.8 Å². The maximum atomic E-state index is 12.2. The van der Waals surface area contributed by atoms with Gasteiger partial charge in [-0.25, -0.2) is 5.01 Å². The Labute approximate surface area is 136 Å². The first kappa shape index (κ1) is 15.6. The third-order valence-corrected chi connectivity index (χ3v) is 4.65. The molecule has 7 heteroatoms. The molecule has 6 nitrogen and oxygen atoms in total. The van der Waals surface area contributed by atoms with Crippen LogP contribution >= 0.6 is 0 Å². The smallest absolute Gasteiger partial charge is 0.255 e. The highest BCUT2D eigenvalue weighted by molar-refractivity contribution is 7.84. The normalized spacial score (nSPS) is 15.5. The van der Waals surface area contributed by atoms with Crippen LogP contribution in [0.15, 0.2) is 46.0 Å². The summed E-state index contributed by atoms with van der Waals surface area (Å²) in [6.45, 7) is 2.30. The molecule has 1 aliphatic heterocycles. The predicted octanol–water partition coefficient (Wildman–Crippen LogP) is 1.87. The zero-order chi connectivity index (χ0) is 16.2. The van der Waals surface area contributed by atoms with Crippen molar-refractivity contribution in [3.8, 4) is 0 Å². The maximum absolute atomic E-state index is 12.2. The van der Waals surface area contributed by atoms with Gasteiger partial charge in [0, 0.05) is 23.3 Å². The highest BCUT2D eigenvalue weighted by Gasteiger charge is 2.23. The molecule has 1 aliphatic rings. The lowest BCUT2D eigenvalue weighted by molar-refractivity contribution is -0.127. The molecule has 0 fully saturated rings. The van der Waals surface area contributed by atoms with Gasteiger partial charge < -0.3 is 4.52 Å². The van der Waals surface area contributed by atoms with Gasteiger partial charge >= 0.3 is 0 Å². The van der Waals surface area contributed by atoms with E-state index in [9.17, 15) is 9.00 Å². The van der Waals surface area contributed by atoms with Crippen molar-refractivity contribution in [2.45, 2.75) is 19.1 Å². The zero-order valence-electron chi connectivity index (χ0n) is 12.8. The van der Waals surface area contributed by atoms with Crippen LogP contribution in [0.2, 0.25) is 0 Å². The molecule has 3 rings (SSSR count). The topological polar surface area (TPSA) is 75.8 Å². The van der Waals surface area contributed by atoms with E-state index in [1.54, 1.807) is 13.0 Å². The lowest BCUT2D eigenvalue weighted by Crippen LogP contribution is -2.28. The molecule has 1 atom stereocenters. The maximum Gasteiger partial charge on any atom is 0.255 e. The van der Waals surface area contributed by atoms with Crippen molar-refractivity contribution in [1.29, 1.82) is 0 Å². The molecule has 2 aromatic rings. The molecular weight excluding hydrogens is 314 g/mol. The number of aryl methyl sites for hydroxylation is 1. The third-order valence-electron chi connectivity index (χ3n) is 3.47. The van der Waals surface area contributed by atoms with Gasteiger partial charge in [0.15, 0.2) is 0 Å². The fourth-order valence-electron chi connectivity index (χ4n) is 2.38. The van der Waals surface area contributed by atoms with Gasteiger partial charge in [-0.3, -0.25) is 9.00 Å². The molecule has 2 heterocycles. The van der Waals surface area contributed by atoms with Crippen LogP contribution in [0.5, 0.6) is 0 Å². The average Bonchev–Trinajstić information content (AvgIpc) is 3.17. The fraction of sp³-hybridized carbons (Fsp3) is 0.312. The van der Waals surface area contributed by atoms with Crippen molar-refractivity contribution < 1.29 is 13.5 Å². The lowest BCUT2D eigenvalue weighted by atomic mass is 10.1. The summed E-state index contributed by atoms with van der Waals surface area (Å²) < 4.78 is 17.0. The van der Waals surface area contributed by atoms with Crippen LogP contribution in [-0.4, -0.2) is 38.3 Å². The summed E-state index contributed by atoms with van der Waals surface area (Å²) in [6, 6.07) is 11.5. The molecule has 1 amide bonds. The summed E-state index contributed by atoms with van der Waals surface area (Å²) in [7, 11) is -1.32. The van der Waals surface area contributed by atoms with Crippen LogP contribution in [0.4, 0.5) is 0 Å². The van der Waals surface area contributed by atoms with Crippen molar-refractivity contribution >= 4 is 22.4 Å². The van der Waals surface area contributed by atoms with E-state index >= 15 is 0 Å². The van der Waals surface area contributed by atoms with E-state index in [1.165, 1.54) is 5.01 Å². The highest BCUT2D eigenvalue weighted by atomic mass is 32.2. The molecule has 0 unspecified atom stereocenters. The van der Waals surface area contributed by atoms with Gasteiger partial charge in [0.25, 0.3) is 5.91 Å². The Balaban J connectivity index is 1.58. The van der Waals surface area contributed by atoms with Gasteiger partial charge in [-0.1, -0.05) is 35.5 Å². The van der Waals surface area contributed by atoms with E-state index in [-0.39, 0.29) is 17.4 Å². The summed E-state index contributed by atoms with van der Waals surface area (Å²) in [4.78, 5) is 12.2. The average molecular weight is 331 g/mol. The Morgan fingerprint density at radius 1 is 1.35 bits per heavy atom. The molecule has 0 N–H and O–H groups in total. The Morgan fingerprint density at radius 2 is 2.13 bits per heavy atom. The van der Waals surface area contributed by atoms with Crippen molar-refractivity contribution in [2.24, 2.45) is 5.10 Å². The monoisotopic (exact) mass is 331 g/mol. The first-order valence-electron chi connectivity index (χ1n) is 7.32. The minimum atomic E-state index is -1.32.